The maximum Gasteiger partial charge on any atom is 0.307 e. The average molecular weight is 321 g/mol. The van der Waals surface area contributed by atoms with Crippen LogP contribution in [0.1, 0.15) is 22.6 Å². The number of benzene rings is 1. The summed E-state index contributed by atoms with van der Waals surface area (Å²) in [6.07, 6.45) is 0.0855. The van der Waals surface area contributed by atoms with Gasteiger partial charge in [0.1, 0.15) is 23.9 Å². The molecule has 0 radical (unpaired) electrons. The number of methoxy groups -OCH3 is 1. The van der Waals surface area contributed by atoms with Crippen molar-refractivity contribution in [1.29, 1.82) is 0 Å². The fourth-order valence-corrected chi connectivity index (χ4v) is 1.74. The smallest absolute Gasteiger partial charge is 0.307 e. The zero-order valence-corrected chi connectivity index (χ0v) is 12.5. The minimum atomic E-state index is -0.415. The van der Waals surface area contributed by atoms with E-state index in [2.05, 4.69) is 20.3 Å². The SMILES string of the molecule is COC(=O)CCNC(=O)c1cc(COc2cccc(F)c2)[nH]n1. The molecule has 7 nitrogen and oxygen atoms in total. The van der Waals surface area contributed by atoms with Crippen LogP contribution in [0.15, 0.2) is 30.3 Å². The molecule has 0 aliphatic carbocycles. The molecule has 2 N–H and O–H groups in total. The number of aromatic amines is 1. The quantitative estimate of drug-likeness (QED) is 0.752. The second-order valence-electron chi connectivity index (χ2n) is 4.61. The van der Waals surface area contributed by atoms with E-state index in [9.17, 15) is 14.0 Å². The summed E-state index contributed by atoms with van der Waals surface area (Å²) in [4.78, 5) is 22.7. The van der Waals surface area contributed by atoms with Gasteiger partial charge in [-0.1, -0.05) is 6.07 Å². The Balaban J connectivity index is 1.82. The van der Waals surface area contributed by atoms with Gasteiger partial charge in [-0.05, 0) is 18.2 Å². The van der Waals surface area contributed by atoms with Crippen molar-refractivity contribution in [3.8, 4) is 5.75 Å². The molecule has 23 heavy (non-hydrogen) atoms. The monoisotopic (exact) mass is 321 g/mol. The van der Waals surface area contributed by atoms with Gasteiger partial charge in [0.25, 0.3) is 5.91 Å². The van der Waals surface area contributed by atoms with Crippen LogP contribution in [0.25, 0.3) is 0 Å². The lowest BCUT2D eigenvalue weighted by atomic mass is 10.3. The van der Waals surface area contributed by atoms with Crippen molar-refractivity contribution in [3.05, 3.63) is 47.5 Å². The van der Waals surface area contributed by atoms with Crippen LogP contribution in [0, 0.1) is 5.82 Å². The predicted molar refractivity (Wildman–Crippen MR) is 78.3 cm³/mol. The zero-order chi connectivity index (χ0) is 16.7. The van der Waals surface area contributed by atoms with E-state index in [1.165, 1.54) is 31.4 Å². The predicted octanol–water partition coefficient (Wildman–Crippen LogP) is 1.42. The molecule has 0 unspecified atom stereocenters. The van der Waals surface area contributed by atoms with Gasteiger partial charge >= 0.3 is 5.97 Å². The minimum absolute atomic E-state index is 0.0855. The standard InChI is InChI=1S/C15H16FN3O4/c1-22-14(20)5-6-17-15(21)13-8-11(18-19-13)9-23-12-4-2-3-10(16)7-12/h2-4,7-8H,5-6,9H2,1H3,(H,17,21)(H,18,19). The number of rotatable bonds is 7. The van der Waals surface area contributed by atoms with Crippen LogP contribution >= 0.6 is 0 Å². The van der Waals surface area contributed by atoms with Gasteiger partial charge in [0.05, 0.1) is 19.2 Å². The van der Waals surface area contributed by atoms with Crippen LogP contribution in [0.4, 0.5) is 4.39 Å². The Morgan fingerprint density at radius 1 is 1.35 bits per heavy atom. The largest absolute Gasteiger partial charge is 0.487 e. The number of amides is 1. The molecule has 1 amide bonds. The highest BCUT2D eigenvalue weighted by molar-refractivity contribution is 5.92. The summed E-state index contributed by atoms with van der Waals surface area (Å²) in [6.45, 7) is 0.277. The fourth-order valence-electron chi connectivity index (χ4n) is 1.74. The molecule has 2 aromatic rings. The van der Waals surface area contributed by atoms with Gasteiger partial charge in [-0.25, -0.2) is 4.39 Å². The maximum absolute atomic E-state index is 13.0. The van der Waals surface area contributed by atoms with E-state index in [-0.39, 0.29) is 25.3 Å². The molecular weight excluding hydrogens is 305 g/mol. The van der Waals surface area contributed by atoms with E-state index in [1.54, 1.807) is 6.07 Å². The molecule has 0 saturated carbocycles. The molecule has 2 rings (SSSR count). The topological polar surface area (TPSA) is 93.3 Å². The van der Waals surface area contributed by atoms with Crippen molar-refractivity contribution in [2.45, 2.75) is 13.0 Å². The van der Waals surface area contributed by atoms with Gasteiger partial charge in [-0.3, -0.25) is 14.7 Å². The van der Waals surface area contributed by atoms with E-state index < -0.39 is 17.7 Å². The fraction of sp³-hybridized carbons (Fsp3) is 0.267. The number of nitrogens with zero attached hydrogens (tertiary/aromatic N) is 1. The minimum Gasteiger partial charge on any atom is -0.487 e. The van der Waals surface area contributed by atoms with Gasteiger partial charge in [0, 0.05) is 12.6 Å². The van der Waals surface area contributed by atoms with Crippen LogP contribution < -0.4 is 10.1 Å². The molecule has 1 aromatic heterocycles. The lowest BCUT2D eigenvalue weighted by Gasteiger charge is -2.03. The molecule has 0 aliphatic rings. The molecule has 0 fully saturated rings. The van der Waals surface area contributed by atoms with Crippen molar-refractivity contribution in [2.75, 3.05) is 13.7 Å². The number of H-pyrrole nitrogens is 1. The first-order valence-electron chi connectivity index (χ1n) is 6.86. The average Bonchev–Trinajstić information content (AvgIpc) is 3.02. The Kier molecular flexibility index (Phi) is 5.67. The zero-order valence-electron chi connectivity index (χ0n) is 12.5. The van der Waals surface area contributed by atoms with Crippen LogP contribution in [-0.4, -0.2) is 35.7 Å². The maximum atomic E-state index is 13.0. The number of carbonyl (C=O) groups is 2. The Morgan fingerprint density at radius 2 is 2.17 bits per heavy atom. The Morgan fingerprint density at radius 3 is 2.91 bits per heavy atom. The molecule has 1 aromatic carbocycles. The number of nitrogens with one attached hydrogen (secondary N) is 2. The Bertz CT molecular complexity index is 687. The molecule has 8 heteroatoms. The number of halogens is 1. The number of hydrogen-bond donors (Lipinski definition) is 2. The van der Waals surface area contributed by atoms with Gasteiger partial charge in [-0.2, -0.15) is 5.10 Å². The molecule has 0 atom stereocenters. The molecule has 0 saturated heterocycles. The van der Waals surface area contributed by atoms with Crippen LogP contribution in [0.5, 0.6) is 5.75 Å². The third-order valence-corrected chi connectivity index (χ3v) is 2.90. The first kappa shape index (κ1) is 16.5. The summed E-state index contributed by atoms with van der Waals surface area (Å²) in [6, 6.07) is 7.26. The summed E-state index contributed by atoms with van der Waals surface area (Å²) in [7, 11) is 1.28. The second-order valence-corrected chi connectivity index (χ2v) is 4.61. The van der Waals surface area contributed by atoms with Gasteiger partial charge in [0.15, 0.2) is 0 Å². The summed E-state index contributed by atoms with van der Waals surface area (Å²) in [5.74, 6) is -0.833. The molecule has 0 spiro atoms. The van der Waals surface area contributed by atoms with Crippen LogP contribution in [-0.2, 0) is 16.1 Å². The lowest BCUT2D eigenvalue weighted by Crippen LogP contribution is -2.26. The van der Waals surface area contributed by atoms with Crippen molar-refractivity contribution < 1.29 is 23.5 Å². The highest BCUT2D eigenvalue weighted by atomic mass is 19.1. The summed E-state index contributed by atoms with van der Waals surface area (Å²) in [5.41, 5.74) is 0.736. The number of hydrogen-bond acceptors (Lipinski definition) is 5. The van der Waals surface area contributed by atoms with Crippen LogP contribution in [0.2, 0.25) is 0 Å². The molecule has 1 heterocycles. The number of carbonyl (C=O) groups excluding carboxylic acids is 2. The highest BCUT2D eigenvalue weighted by Crippen LogP contribution is 2.13. The molecule has 0 bridgehead atoms. The second kappa shape index (κ2) is 7.92. The first-order chi connectivity index (χ1) is 11.1. The molecule has 122 valence electrons. The highest BCUT2D eigenvalue weighted by Gasteiger charge is 2.11. The van der Waals surface area contributed by atoms with E-state index >= 15 is 0 Å². The third-order valence-electron chi connectivity index (χ3n) is 2.90. The van der Waals surface area contributed by atoms with E-state index in [0.717, 1.165) is 0 Å². The van der Waals surface area contributed by atoms with Crippen molar-refractivity contribution in [1.82, 2.24) is 15.5 Å². The molecular formula is C15H16FN3O4. The van der Waals surface area contributed by atoms with Crippen molar-refractivity contribution >= 4 is 11.9 Å². The Hall–Kier alpha value is -2.90. The van der Waals surface area contributed by atoms with Crippen molar-refractivity contribution in [2.24, 2.45) is 0 Å². The Labute approximate surface area is 131 Å². The van der Waals surface area contributed by atoms with E-state index in [4.69, 9.17) is 4.74 Å². The summed E-state index contributed by atoms with van der Waals surface area (Å²) >= 11 is 0. The first-order valence-corrected chi connectivity index (χ1v) is 6.86. The number of ether oxygens (including phenoxy) is 2. The van der Waals surface area contributed by atoms with Gasteiger partial charge < -0.3 is 14.8 Å². The normalized spacial score (nSPS) is 10.2. The summed E-state index contributed by atoms with van der Waals surface area (Å²) in [5, 5.41) is 9.06. The number of esters is 1. The molecule has 0 aliphatic heterocycles. The van der Waals surface area contributed by atoms with E-state index in [0.29, 0.717) is 11.4 Å². The van der Waals surface area contributed by atoms with Gasteiger partial charge in [-0.15, -0.1) is 0 Å². The van der Waals surface area contributed by atoms with E-state index in [1.807, 2.05) is 0 Å². The third kappa shape index (κ3) is 5.10. The van der Waals surface area contributed by atoms with Gasteiger partial charge in [0.2, 0.25) is 0 Å². The lowest BCUT2D eigenvalue weighted by molar-refractivity contribution is -0.140. The van der Waals surface area contributed by atoms with Crippen molar-refractivity contribution in [3.63, 3.8) is 0 Å². The summed E-state index contributed by atoms with van der Waals surface area (Å²) < 4.78 is 22.9. The van der Waals surface area contributed by atoms with Crippen LogP contribution in [0.3, 0.4) is 0 Å². The number of aromatic nitrogens is 2.